The van der Waals surface area contributed by atoms with E-state index < -0.39 is 0 Å². The molecule has 0 fully saturated rings. The fourth-order valence-electron chi connectivity index (χ4n) is 1.23. The van der Waals surface area contributed by atoms with Gasteiger partial charge in [0.25, 0.3) is 0 Å². The van der Waals surface area contributed by atoms with E-state index in [0.717, 1.165) is 11.3 Å². The second kappa shape index (κ2) is 3.91. The zero-order valence-corrected chi connectivity index (χ0v) is 8.10. The fourth-order valence-corrected chi connectivity index (χ4v) is 1.23. The van der Waals surface area contributed by atoms with Crippen molar-refractivity contribution in [3.63, 3.8) is 0 Å². The van der Waals surface area contributed by atoms with Gasteiger partial charge in [0.2, 0.25) is 0 Å². The molecular formula is C10H9N3O2. The Kier molecular flexibility index (Phi) is 2.45. The van der Waals surface area contributed by atoms with Gasteiger partial charge < -0.3 is 9.72 Å². The summed E-state index contributed by atoms with van der Waals surface area (Å²) in [5.41, 5.74) is 0.829. The Hall–Kier alpha value is -2.17. The highest BCUT2D eigenvalue weighted by Crippen LogP contribution is 2.20. The van der Waals surface area contributed by atoms with Gasteiger partial charge in [-0.25, -0.2) is 0 Å². The van der Waals surface area contributed by atoms with E-state index in [-0.39, 0.29) is 5.82 Å². The largest absolute Gasteiger partial charge is 0.497 e. The van der Waals surface area contributed by atoms with Crippen LogP contribution in [0.15, 0.2) is 24.3 Å². The van der Waals surface area contributed by atoms with Gasteiger partial charge in [-0.2, -0.15) is 0 Å². The van der Waals surface area contributed by atoms with Crippen molar-refractivity contribution in [2.75, 3.05) is 7.11 Å². The summed E-state index contributed by atoms with van der Waals surface area (Å²) in [6.45, 7) is 0. The van der Waals surface area contributed by atoms with Crippen LogP contribution in [0.2, 0.25) is 0 Å². The smallest absolute Gasteiger partial charge is 0.194 e. The molecule has 0 saturated heterocycles. The highest BCUT2D eigenvalue weighted by Gasteiger charge is 2.04. The molecule has 1 aromatic heterocycles. The zero-order valence-electron chi connectivity index (χ0n) is 8.10. The molecule has 1 heterocycles. The van der Waals surface area contributed by atoms with Gasteiger partial charge in [0, 0.05) is 5.56 Å². The van der Waals surface area contributed by atoms with E-state index in [1.54, 1.807) is 7.11 Å². The Labute approximate surface area is 86.1 Å². The summed E-state index contributed by atoms with van der Waals surface area (Å²) in [6.07, 6.45) is 0.622. The maximum Gasteiger partial charge on any atom is 0.194 e. The average Bonchev–Trinajstić information content (AvgIpc) is 2.78. The van der Waals surface area contributed by atoms with Crippen LogP contribution in [0.1, 0.15) is 10.6 Å². The van der Waals surface area contributed by atoms with Crippen LogP contribution in [0.25, 0.3) is 11.4 Å². The molecule has 0 aliphatic rings. The summed E-state index contributed by atoms with van der Waals surface area (Å²) >= 11 is 0. The summed E-state index contributed by atoms with van der Waals surface area (Å²) in [5.74, 6) is 1.50. The molecule has 0 unspecified atom stereocenters. The number of hydrogen-bond acceptors (Lipinski definition) is 4. The quantitative estimate of drug-likeness (QED) is 0.763. The second-order valence-electron chi connectivity index (χ2n) is 2.91. The predicted molar refractivity (Wildman–Crippen MR) is 53.8 cm³/mol. The van der Waals surface area contributed by atoms with E-state index in [0.29, 0.717) is 12.1 Å². The molecule has 0 aliphatic heterocycles. The molecule has 0 saturated carbocycles. The minimum Gasteiger partial charge on any atom is -0.497 e. The fraction of sp³-hybridized carbons (Fsp3) is 0.100. The monoisotopic (exact) mass is 203 g/mol. The third kappa shape index (κ3) is 1.85. The Morgan fingerprint density at radius 3 is 2.93 bits per heavy atom. The Bertz CT molecular complexity index is 479. The first kappa shape index (κ1) is 9.39. The lowest BCUT2D eigenvalue weighted by atomic mass is 10.2. The SMILES string of the molecule is COc1cccc(-c2nnc(C=O)[nH]2)c1. The molecular weight excluding hydrogens is 194 g/mol. The molecule has 15 heavy (non-hydrogen) atoms. The molecule has 2 rings (SSSR count). The highest BCUT2D eigenvalue weighted by atomic mass is 16.5. The van der Waals surface area contributed by atoms with Crippen molar-refractivity contribution in [3.8, 4) is 17.1 Å². The lowest BCUT2D eigenvalue weighted by molar-refractivity contribution is 0.111. The molecule has 0 spiro atoms. The van der Waals surface area contributed by atoms with Crippen molar-refractivity contribution in [2.24, 2.45) is 0 Å². The summed E-state index contributed by atoms with van der Waals surface area (Å²) in [4.78, 5) is 13.2. The van der Waals surface area contributed by atoms with Crippen LogP contribution < -0.4 is 4.74 Å². The van der Waals surface area contributed by atoms with Crippen LogP contribution in [0.5, 0.6) is 5.75 Å². The molecule has 5 nitrogen and oxygen atoms in total. The number of H-pyrrole nitrogens is 1. The molecule has 0 amide bonds. The Morgan fingerprint density at radius 1 is 1.40 bits per heavy atom. The minimum atomic E-state index is 0.216. The number of methoxy groups -OCH3 is 1. The average molecular weight is 203 g/mol. The van der Waals surface area contributed by atoms with Crippen LogP contribution in [0.3, 0.4) is 0 Å². The van der Waals surface area contributed by atoms with Gasteiger partial charge in [0.15, 0.2) is 17.9 Å². The number of nitrogens with zero attached hydrogens (tertiary/aromatic N) is 2. The number of rotatable bonds is 3. The van der Waals surface area contributed by atoms with Gasteiger partial charge in [-0.3, -0.25) is 4.79 Å². The van der Waals surface area contributed by atoms with Crippen molar-refractivity contribution >= 4 is 6.29 Å². The number of benzene rings is 1. The van der Waals surface area contributed by atoms with Crippen LogP contribution in [-0.2, 0) is 0 Å². The highest BCUT2D eigenvalue weighted by molar-refractivity contribution is 5.70. The number of aromatic amines is 1. The van der Waals surface area contributed by atoms with E-state index >= 15 is 0 Å². The molecule has 5 heteroatoms. The lowest BCUT2D eigenvalue weighted by Crippen LogP contribution is -1.85. The molecule has 1 aromatic carbocycles. The van der Waals surface area contributed by atoms with E-state index in [1.165, 1.54) is 0 Å². The molecule has 0 aliphatic carbocycles. The molecule has 0 radical (unpaired) electrons. The molecule has 0 atom stereocenters. The number of nitrogens with one attached hydrogen (secondary N) is 1. The number of aldehydes is 1. The van der Waals surface area contributed by atoms with Gasteiger partial charge in [0.05, 0.1) is 7.11 Å². The maximum atomic E-state index is 10.4. The van der Waals surface area contributed by atoms with Crippen LogP contribution in [0.4, 0.5) is 0 Å². The summed E-state index contributed by atoms with van der Waals surface area (Å²) in [7, 11) is 1.59. The number of carbonyl (C=O) groups excluding carboxylic acids is 1. The van der Waals surface area contributed by atoms with Crippen molar-refractivity contribution in [2.45, 2.75) is 0 Å². The number of aromatic nitrogens is 3. The minimum absolute atomic E-state index is 0.216. The topological polar surface area (TPSA) is 67.9 Å². The first-order chi connectivity index (χ1) is 7.33. The number of ether oxygens (including phenoxy) is 1. The van der Waals surface area contributed by atoms with E-state index in [4.69, 9.17) is 4.74 Å². The van der Waals surface area contributed by atoms with Crippen molar-refractivity contribution in [1.82, 2.24) is 15.2 Å². The van der Waals surface area contributed by atoms with Crippen molar-refractivity contribution in [3.05, 3.63) is 30.1 Å². The van der Waals surface area contributed by atoms with Crippen LogP contribution >= 0.6 is 0 Å². The van der Waals surface area contributed by atoms with Gasteiger partial charge >= 0.3 is 0 Å². The van der Waals surface area contributed by atoms with Crippen LogP contribution in [0, 0.1) is 0 Å². The van der Waals surface area contributed by atoms with Gasteiger partial charge in [-0.05, 0) is 12.1 Å². The van der Waals surface area contributed by atoms with Gasteiger partial charge in [0.1, 0.15) is 5.75 Å². The van der Waals surface area contributed by atoms with Gasteiger partial charge in [-0.1, -0.05) is 12.1 Å². The number of carbonyl (C=O) groups is 1. The molecule has 76 valence electrons. The molecule has 1 N–H and O–H groups in total. The van der Waals surface area contributed by atoms with Crippen molar-refractivity contribution in [1.29, 1.82) is 0 Å². The van der Waals surface area contributed by atoms with E-state index in [9.17, 15) is 4.79 Å². The van der Waals surface area contributed by atoms with Crippen LogP contribution in [-0.4, -0.2) is 28.6 Å². The van der Waals surface area contributed by atoms with Crippen molar-refractivity contribution < 1.29 is 9.53 Å². The van der Waals surface area contributed by atoms with Gasteiger partial charge in [-0.15, -0.1) is 10.2 Å². The summed E-state index contributed by atoms with van der Waals surface area (Å²) in [5, 5.41) is 7.49. The third-order valence-electron chi connectivity index (χ3n) is 1.96. The summed E-state index contributed by atoms with van der Waals surface area (Å²) < 4.78 is 5.08. The number of hydrogen-bond donors (Lipinski definition) is 1. The second-order valence-corrected chi connectivity index (χ2v) is 2.91. The maximum absolute atomic E-state index is 10.4. The lowest BCUT2D eigenvalue weighted by Gasteiger charge is -2.00. The normalized spacial score (nSPS) is 9.93. The third-order valence-corrected chi connectivity index (χ3v) is 1.96. The molecule has 0 bridgehead atoms. The first-order valence-corrected chi connectivity index (χ1v) is 4.36. The predicted octanol–water partition coefficient (Wildman–Crippen LogP) is 1.29. The standard InChI is InChI=1S/C10H9N3O2/c1-15-8-4-2-3-7(5-8)10-11-9(6-14)12-13-10/h2-6H,1H3,(H,11,12,13). The Morgan fingerprint density at radius 2 is 2.27 bits per heavy atom. The molecule has 2 aromatic rings. The van der Waals surface area contributed by atoms with E-state index in [1.807, 2.05) is 24.3 Å². The summed E-state index contributed by atoms with van der Waals surface area (Å²) in [6, 6.07) is 7.35. The zero-order chi connectivity index (χ0) is 10.7. The first-order valence-electron chi connectivity index (χ1n) is 4.36. The van der Waals surface area contributed by atoms with E-state index in [2.05, 4.69) is 15.2 Å². The Balaban J connectivity index is 2.39.